The van der Waals surface area contributed by atoms with Crippen LogP contribution in [0.5, 0.6) is 0 Å². The lowest BCUT2D eigenvalue weighted by Crippen LogP contribution is -2.52. The van der Waals surface area contributed by atoms with Gasteiger partial charge >= 0.3 is 13.9 Å². The van der Waals surface area contributed by atoms with Crippen molar-refractivity contribution < 1.29 is 33.5 Å². The van der Waals surface area contributed by atoms with E-state index in [1.54, 1.807) is 0 Å². The van der Waals surface area contributed by atoms with Crippen molar-refractivity contribution in [3.63, 3.8) is 0 Å². The molecule has 6 N–H and O–H groups in total. The average Bonchev–Trinajstić information content (AvgIpc) is 2.67. The number of aliphatic hydroxyl groups is 1. The van der Waals surface area contributed by atoms with Gasteiger partial charge in [0, 0.05) is 12.6 Å². The fourth-order valence-corrected chi connectivity index (χ4v) is 2.29. The van der Waals surface area contributed by atoms with Crippen molar-refractivity contribution in [3.05, 3.63) is 12.3 Å². The lowest BCUT2D eigenvalue weighted by Gasteiger charge is -2.30. The van der Waals surface area contributed by atoms with Crippen molar-refractivity contribution in [1.82, 2.24) is 10.2 Å². The fourth-order valence-electron chi connectivity index (χ4n) is 1.95. The number of carbonyl (C=O) groups is 1. The van der Waals surface area contributed by atoms with Crippen molar-refractivity contribution in [2.24, 2.45) is 5.73 Å². The maximum Gasteiger partial charge on any atom is 0.469 e. The first-order valence-electron chi connectivity index (χ1n) is 5.82. The molecule has 0 saturated carbocycles. The highest BCUT2D eigenvalue weighted by Gasteiger charge is 2.40. The Kier molecular flexibility index (Phi) is 4.45. The number of nitrogens with one attached hydrogen (secondary N) is 1. The summed E-state index contributed by atoms with van der Waals surface area (Å²) in [5, 5.41) is 12.2. The fraction of sp³-hybridized carbons (Fsp3) is 0.667. The molecule has 0 aromatic carbocycles. The SMILES string of the molecule is NC1C=CN(C2CC(O)C(COP(=O)(O)O)O2)C(=O)N1. The number of nitrogens with zero attached hydrogens (tertiary/aromatic N) is 1. The third-order valence-electron chi connectivity index (χ3n) is 2.90. The lowest BCUT2D eigenvalue weighted by molar-refractivity contribution is -0.0533. The Labute approximate surface area is 114 Å². The number of phosphoric ester groups is 1. The summed E-state index contributed by atoms with van der Waals surface area (Å²) < 4.78 is 20.3. The van der Waals surface area contributed by atoms with Gasteiger partial charge in [0.15, 0.2) is 0 Å². The minimum Gasteiger partial charge on any atom is -0.390 e. The van der Waals surface area contributed by atoms with Gasteiger partial charge in [-0.1, -0.05) is 0 Å². The van der Waals surface area contributed by atoms with Gasteiger partial charge in [-0.2, -0.15) is 0 Å². The molecule has 10 nitrogen and oxygen atoms in total. The van der Waals surface area contributed by atoms with Gasteiger partial charge in [-0.25, -0.2) is 9.36 Å². The van der Waals surface area contributed by atoms with Crippen LogP contribution in [0.2, 0.25) is 0 Å². The zero-order chi connectivity index (χ0) is 14.9. The van der Waals surface area contributed by atoms with Crippen LogP contribution in [0.1, 0.15) is 6.42 Å². The Balaban J connectivity index is 1.95. The molecule has 0 aromatic rings. The Hall–Kier alpha value is -1.00. The molecule has 1 saturated heterocycles. The third-order valence-corrected chi connectivity index (χ3v) is 3.39. The second-order valence-electron chi connectivity index (χ2n) is 4.44. The van der Waals surface area contributed by atoms with Crippen LogP contribution in [0.3, 0.4) is 0 Å². The summed E-state index contributed by atoms with van der Waals surface area (Å²) in [5.41, 5.74) is 5.49. The van der Waals surface area contributed by atoms with Gasteiger partial charge in [0.1, 0.15) is 12.3 Å². The highest BCUT2D eigenvalue weighted by molar-refractivity contribution is 7.46. The smallest absolute Gasteiger partial charge is 0.390 e. The van der Waals surface area contributed by atoms with E-state index in [1.165, 1.54) is 17.2 Å². The zero-order valence-electron chi connectivity index (χ0n) is 10.3. The van der Waals surface area contributed by atoms with E-state index in [2.05, 4.69) is 9.84 Å². The second kappa shape index (κ2) is 5.78. The number of aliphatic hydroxyl groups excluding tert-OH is 1. The van der Waals surface area contributed by atoms with Gasteiger partial charge in [0.25, 0.3) is 0 Å². The predicted molar refractivity (Wildman–Crippen MR) is 64.8 cm³/mol. The third kappa shape index (κ3) is 3.76. The molecular weight excluding hydrogens is 293 g/mol. The van der Waals surface area contributed by atoms with Crippen LogP contribution in [0.25, 0.3) is 0 Å². The van der Waals surface area contributed by atoms with Crippen LogP contribution in [-0.4, -0.2) is 57.0 Å². The molecule has 2 heterocycles. The van der Waals surface area contributed by atoms with E-state index >= 15 is 0 Å². The molecule has 20 heavy (non-hydrogen) atoms. The van der Waals surface area contributed by atoms with E-state index in [4.69, 9.17) is 20.3 Å². The summed E-state index contributed by atoms with van der Waals surface area (Å²) in [6.45, 7) is -0.472. The number of carbonyl (C=O) groups excluding carboxylic acids is 1. The largest absolute Gasteiger partial charge is 0.469 e. The highest BCUT2D eigenvalue weighted by Crippen LogP contribution is 2.37. The first-order valence-corrected chi connectivity index (χ1v) is 7.35. The van der Waals surface area contributed by atoms with Crippen LogP contribution in [0.15, 0.2) is 12.3 Å². The Morgan fingerprint density at radius 2 is 2.30 bits per heavy atom. The van der Waals surface area contributed by atoms with Crippen LogP contribution < -0.4 is 11.1 Å². The van der Waals surface area contributed by atoms with Gasteiger partial charge in [0.2, 0.25) is 0 Å². The molecule has 4 atom stereocenters. The Morgan fingerprint density at radius 1 is 1.60 bits per heavy atom. The number of rotatable bonds is 4. The van der Waals surface area contributed by atoms with Crippen molar-refractivity contribution in [2.45, 2.75) is 31.0 Å². The summed E-state index contributed by atoms with van der Waals surface area (Å²) in [7, 11) is -4.63. The molecule has 11 heteroatoms. The van der Waals surface area contributed by atoms with E-state index < -0.39 is 45.1 Å². The number of urea groups is 1. The zero-order valence-corrected chi connectivity index (χ0v) is 11.2. The Bertz CT molecular complexity index is 453. The van der Waals surface area contributed by atoms with Crippen LogP contribution in [0, 0.1) is 0 Å². The molecule has 114 valence electrons. The lowest BCUT2D eigenvalue weighted by atomic mass is 10.2. The molecule has 4 unspecified atom stereocenters. The molecular formula is C9H16N3O7P. The minimum atomic E-state index is -4.63. The van der Waals surface area contributed by atoms with Gasteiger partial charge in [-0.15, -0.1) is 0 Å². The summed E-state index contributed by atoms with van der Waals surface area (Å²) in [6.07, 6.45) is -0.183. The molecule has 0 aliphatic carbocycles. The van der Waals surface area contributed by atoms with Crippen LogP contribution in [0.4, 0.5) is 4.79 Å². The summed E-state index contributed by atoms with van der Waals surface area (Å²) in [6, 6.07) is -0.478. The number of phosphoric acid groups is 1. The maximum absolute atomic E-state index is 11.7. The maximum atomic E-state index is 11.7. The van der Waals surface area contributed by atoms with Gasteiger partial charge < -0.3 is 30.7 Å². The van der Waals surface area contributed by atoms with E-state index in [0.717, 1.165) is 0 Å². The first kappa shape index (κ1) is 15.4. The van der Waals surface area contributed by atoms with Gasteiger partial charge in [-0.05, 0) is 6.08 Å². The molecule has 0 aromatic heterocycles. The van der Waals surface area contributed by atoms with E-state index in [-0.39, 0.29) is 6.42 Å². The minimum absolute atomic E-state index is 0.0994. The number of ether oxygens (including phenoxy) is 1. The second-order valence-corrected chi connectivity index (χ2v) is 5.68. The topological polar surface area (TPSA) is 155 Å². The molecule has 2 amide bonds. The number of hydrogen-bond acceptors (Lipinski definition) is 6. The first-order chi connectivity index (χ1) is 9.26. The number of nitrogens with two attached hydrogens (primary N) is 1. The summed E-state index contributed by atoms with van der Waals surface area (Å²) >= 11 is 0. The van der Waals surface area contributed by atoms with Gasteiger partial charge in [0.05, 0.1) is 18.9 Å². The van der Waals surface area contributed by atoms with Crippen molar-refractivity contribution in [1.29, 1.82) is 0 Å². The summed E-state index contributed by atoms with van der Waals surface area (Å²) in [4.78, 5) is 30.1. The van der Waals surface area contributed by atoms with Crippen molar-refractivity contribution in [2.75, 3.05) is 6.61 Å². The molecule has 2 rings (SSSR count). The van der Waals surface area contributed by atoms with Gasteiger partial charge in [-0.3, -0.25) is 9.42 Å². The number of hydrogen-bond donors (Lipinski definition) is 5. The van der Waals surface area contributed by atoms with Crippen molar-refractivity contribution >= 4 is 13.9 Å². The van der Waals surface area contributed by atoms with E-state index in [9.17, 15) is 14.5 Å². The highest BCUT2D eigenvalue weighted by atomic mass is 31.2. The van der Waals surface area contributed by atoms with Crippen molar-refractivity contribution in [3.8, 4) is 0 Å². The molecule has 2 aliphatic rings. The number of amides is 2. The molecule has 2 aliphatic heterocycles. The monoisotopic (exact) mass is 309 g/mol. The molecule has 0 spiro atoms. The quantitative estimate of drug-likeness (QED) is 0.389. The molecule has 0 bridgehead atoms. The average molecular weight is 309 g/mol. The standard InChI is InChI=1S/C9H16N3O7P/c10-7-1-2-12(9(14)11-7)8-3-5(13)6(19-8)4-18-20(15,16)17/h1-2,5-8,13H,3-4,10H2,(H,11,14)(H2,15,16,17). The molecule has 1 fully saturated rings. The van der Waals surface area contributed by atoms with Crippen LogP contribution >= 0.6 is 7.82 Å². The Morgan fingerprint density at radius 3 is 2.90 bits per heavy atom. The normalized spacial score (nSPS) is 34.4. The van der Waals surface area contributed by atoms with E-state index in [1.807, 2.05) is 0 Å². The van der Waals surface area contributed by atoms with Crippen LogP contribution in [-0.2, 0) is 13.8 Å². The predicted octanol–water partition coefficient (Wildman–Crippen LogP) is -1.60. The van der Waals surface area contributed by atoms with E-state index in [0.29, 0.717) is 0 Å². The summed E-state index contributed by atoms with van der Waals surface area (Å²) in [5.74, 6) is 0. The molecule has 0 radical (unpaired) electrons.